The molecule has 2 N–H and O–H groups in total. The molecule has 3 rings (SSSR count). The van der Waals surface area contributed by atoms with Gasteiger partial charge in [-0.05, 0) is 49.2 Å². The molecule has 0 aliphatic carbocycles. The topological polar surface area (TPSA) is 95.9 Å². The number of hydrogen-bond donors (Lipinski definition) is 2. The number of anilines is 2. The first-order chi connectivity index (χ1) is 13.3. The van der Waals surface area contributed by atoms with Crippen molar-refractivity contribution in [3.63, 3.8) is 0 Å². The maximum atomic E-state index is 12.7. The molecular formula is C21H22N2O5. The summed E-state index contributed by atoms with van der Waals surface area (Å²) in [5.41, 5.74) is 2.91. The summed E-state index contributed by atoms with van der Waals surface area (Å²) >= 11 is 0. The van der Waals surface area contributed by atoms with Crippen molar-refractivity contribution in [1.82, 2.24) is 0 Å². The van der Waals surface area contributed by atoms with Crippen LogP contribution in [-0.4, -0.2) is 36.5 Å². The van der Waals surface area contributed by atoms with Crippen molar-refractivity contribution >= 4 is 29.2 Å². The maximum absolute atomic E-state index is 12.7. The molecular weight excluding hydrogens is 360 g/mol. The van der Waals surface area contributed by atoms with Gasteiger partial charge in [0.05, 0.1) is 24.3 Å². The van der Waals surface area contributed by atoms with Gasteiger partial charge in [0.1, 0.15) is 5.75 Å². The van der Waals surface area contributed by atoms with Gasteiger partial charge < -0.3 is 20.1 Å². The third-order valence-corrected chi connectivity index (χ3v) is 4.86. The van der Waals surface area contributed by atoms with Crippen LogP contribution < -0.4 is 15.0 Å². The van der Waals surface area contributed by atoms with E-state index in [9.17, 15) is 14.4 Å². The number of ether oxygens (including phenoxy) is 1. The van der Waals surface area contributed by atoms with E-state index in [0.717, 1.165) is 11.1 Å². The summed E-state index contributed by atoms with van der Waals surface area (Å²) in [6, 6.07) is 10.1. The number of carboxylic acid groups (broad SMARTS) is 1. The molecule has 1 saturated heterocycles. The van der Waals surface area contributed by atoms with E-state index in [2.05, 4.69) is 5.32 Å². The third kappa shape index (κ3) is 3.83. The monoisotopic (exact) mass is 382 g/mol. The molecule has 2 amide bonds. The lowest BCUT2D eigenvalue weighted by atomic mass is 10.1. The highest BCUT2D eigenvalue weighted by atomic mass is 16.5. The van der Waals surface area contributed by atoms with Gasteiger partial charge >= 0.3 is 5.97 Å². The summed E-state index contributed by atoms with van der Waals surface area (Å²) in [6.45, 7) is 3.94. The second-order valence-electron chi connectivity index (χ2n) is 6.90. The van der Waals surface area contributed by atoms with Crippen molar-refractivity contribution in [3.05, 3.63) is 53.1 Å². The average Bonchev–Trinajstić information content (AvgIpc) is 3.05. The summed E-state index contributed by atoms with van der Waals surface area (Å²) in [5, 5.41) is 11.9. The van der Waals surface area contributed by atoms with E-state index in [0.29, 0.717) is 17.1 Å². The number of carbonyl (C=O) groups is 3. The molecule has 2 aromatic rings. The number of benzene rings is 2. The first kappa shape index (κ1) is 19.4. The summed E-state index contributed by atoms with van der Waals surface area (Å²) < 4.78 is 5.35. The number of rotatable bonds is 5. The molecule has 0 saturated carbocycles. The van der Waals surface area contributed by atoms with Crippen LogP contribution in [0.15, 0.2) is 36.4 Å². The standard InChI is InChI=1S/C21H22N2O5/c1-12-4-7-18(28-3)17(8-12)23-11-15(10-19(23)24)20(25)22-16-9-14(21(26)27)6-5-13(16)2/h4-9,15H,10-11H2,1-3H3,(H,22,25)(H,26,27). The van der Waals surface area contributed by atoms with Gasteiger partial charge in [0.2, 0.25) is 11.8 Å². The van der Waals surface area contributed by atoms with Crippen LogP contribution in [0.4, 0.5) is 11.4 Å². The molecule has 2 aromatic carbocycles. The number of carboxylic acids is 1. The molecule has 7 nitrogen and oxygen atoms in total. The number of nitrogens with one attached hydrogen (secondary N) is 1. The van der Waals surface area contributed by atoms with E-state index >= 15 is 0 Å². The van der Waals surface area contributed by atoms with Gasteiger partial charge in [-0.3, -0.25) is 9.59 Å². The molecule has 7 heteroatoms. The van der Waals surface area contributed by atoms with Crippen LogP contribution in [0.5, 0.6) is 5.75 Å². The Morgan fingerprint density at radius 1 is 1.18 bits per heavy atom. The minimum Gasteiger partial charge on any atom is -0.495 e. The number of aryl methyl sites for hydroxylation is 2. The van der Waals surface area contributed by atoms with Crippen molar-refractivity contribution in [2.24, 2.45) is 5.92 Å². The van der Waals surface area contributed by atoms with Crippen LogP contribution in [0.25, 0.3) is 0 Å². The van der Waals surface area contributed by atoms with E-state index in [4.69, 9.17) is 9.84 Å². The Morgan fingerprint density at radius 3 is 2.61 bits per heavy atom. The zero-order valence-electron chi connectivity index (χ0n) is 16.0. The first-order valence-corrected chi connectivity index (χ1v) is 8.90. The number of amides is 2. The van der Waals surface area contributed by atoms with Crippen molar-refractivity contribution in [3.8, 4) is 5.75 Å². The zero-order chi connectivity index (χ0) is 20.4. The van der Waals surface area contributed by atoms with Crippen LogP contribution in [-0.2, 0) is 9.59 Å². The van der Waals surface area contributed by atoms with E-state index in [1.807, 2.05) is 19.1 Å². The lowest BCUT2D eigenvalue weighted by Gasteiger charge is -2.20. The van der Waals surface area contributed by atoms with Crippen molar-refractivity contribution in [1.29, 1.82) is 0 Å². The molecule has 1 aliphatic rings. The Kier molecular flexibility index (Phi) is 5.35. The first-order valence-electron chi connectivity index (χ1n) is 8.90. The van der Waals surface area contributed by atoms with Gasteiger partial charge in [-0.25, -0.2) is 4.79 Å². The van der Waals surface area contributed by atoms with Gasteiger partial charge in [0.25, 0.3) is 0 Å². The largest absolute Gasteiger partial charge is 0.495 e. The smallest absolute Gasteiger partial charge is 0.335 e. The van der Waals surface area contributed by atoms with Crippen LogP contribution in [0, 0.1) is 19.8 Å². The fourth-order valence-electron chi connectivity index (χ4n) is 3.25. The van der Waals surface area contributed by atoms with Crippen molar-refractivity contribution in [2.45, 2.75) is 20.3 Å². The number of aromatic carboxylic acids is 1. The Hall–Kier alpha value is -3.35. The van der Waals surface area contributed by atoms with Crippen molar-refractivity contribution < 1.29 is 24.2 Å². The molecule has 28 heavy (non-hydrogen) atoms. The molecule has 146 valence electrons. The summed E-state index contributed by atoms with van der Waals surface area (Å²) in [5.74, 6) is -1.49. The molecule has 1 aliphatic heterocycles. The third-order valence-electron chi connectivity index (χ3n) is 4.86. The molecule has 1 atom stereocenters. The van der Waals surface area contributed by atoms with Crippen LogP contribution >= 0.6 is 0 Å². The fourth-order valence-corrected chi connectivity index (χ4v) is 3.25. The Labute approximate surface area is 162 Å². The van der Waals surface area contributed by atoms with Gasteiger partial charge in [0.15, 0.2) is 0 Å². The second kappa shape index (κ2) is 7.72. The fraction of sp³-hybridized carbons (Fsp3) is 0.286. The average molecular weight is 382 g/mol. The number of carbonyl (C=O) groups excluding carboxylic acids is 2. The zero-order valence-corrected chi connectivity index (χ0v) is 16.0. The lowest BCUT2D eigenvalue weighted by molar-refractivity contribution is -0.122. The quantitative estimate of drug-likeness (QED) is 0.829. The normalized spacial score (nSPS) is 16.2. The number of methoxy groups -OCH3 is 1. The van der Waals surface area contributed by atoms with Crippen LogP contribution in [0.2, 0.25) is 0 Å². The summed E-state index contributed by atoms with van der Waals surface area (Å²) in [7, 11) is 1.54. The van der Waals surface area contributed by atoms with E-state index in [1.54, 1.807) is 24.0 Å². The minimum absolute atomic E-state index is 0.0839. The van der Waals surface area contributed by atoms with Gasteiger partial charge in [-0.15, -0.1) is 0 Å². The van der Waals surface area contributed by atoms with Gasteiger partial charge in [-0.1, -0.05) is 12.1 Å². The minimum atomic E-state index is -1.07. The predicted molar refractivity (Wildman–Crippen MR) is 105 cm³/mol. The predicted octanol–water partition coefficient (Wildman–Crippen LogP) is 3.00. The molecule has 1 fully saturated rings. The van der Waals surface area contributed by atoms with E-state index in [-0.39, 0.29) is 30.3 Å². The van der Waals surface area contributed by atoms with Gasteiger partial charge in [0, 0.05) is 18.7 Å². The van der Waals surface area contributed by atoms with Crippen LogP contribution in [0.1, 0.15) is 27.9 Å². The lowest BCUT2D eigenvalue weighted by Crippen LogP contribution is -2.28. The van der Waals surface area contributed by atoms with Crippen LogP contribution in [0.3, 0.4) is 0 Å². The summed E-state index contributed by atoms with van der Waals surface area (Å²) in [4.78, 5) is 38.0. The Bertz CT molecular complexity index is 954. The Morgan fingerprint density at radius 2 is 1.93 bits per heavy atom. The molecule has 1 heterocycles. The number of hydrogen-bond acceptors (Lipinski definition) is 4. The highest BCUT2D eigenvalue weighted by Gasteiger charge is 2.36. The molecule has 0 radical (unpaired) electrons. The Balaban J connectivity index is 1.79. The molecule has 0 spiro atoms. The summed E-state index contributed by atoms with van der Waals surface area (Å²) in [6.07, 6.45) is 0.0839. The van der Waals surface area contributed by atoms with E-state index < -0.39 is 11.9 Å². The molecule has 0 aromatic heterocycles. The number of nitrogens with zero attached hydrogens (tertiary/aromatic N) is 1. The van der Waals surface area contributed by atoms with Crippen molar-refractivity contribution in [2.75, 3.05) is 23.9 Å². The van der Waals surface area contributed by atoms with E-state index in [1.165, 1.54) is 19.2 Å². The van der Waals surface area contributed by atoms with Gasteiger partial charge in [-0.2, -0.15) is 0 Å². The molecule has 1 unspecified atom stereocenters. The molecule has 0 bridgehead atoms. The highest BCUT2D eigenvalue weighted by Crippen LogP contribution is 2.34. The maximum Gasteiger partial charge on any atom is 0.335 e. The highest BCUT2D eigenvalue weighted by molar-refractivity contribution is 6.04. The second-order valence-corrected chi connectivity index (χ2v) is 6.90. The SMILES string of the molecule is COc1ccc(C)cc1N1CC(C(=O)Nc2cc(C(=O)O)ccc2C)CC1=O.